The lowest BCUT2D eigenvalue weighted by molar-refractivity contribution is 0.126. The van der Waals surface area contributed by atoms with E-state index in [4.69, 9.17) is 11.6 Å². The lowest BCUT2D eigenvalue weighted by Crippen LogP contribution is -2.36. The van der Waals surface area contributed by atoms with Gasteiger partial charge in [-0.25, -0.2) is 0 Å². The first-order chi connectivity index (χ1) is 6.75. The molecule has 1 fully saturated rings. The van der Waals surface area contributed by atoms with Crippen LogP contribution >= 0.6 is 11.6 Å². The van der Waals surface area contributed by atoms with Crippen LogP contribution in [-0.2, 0) is 0 Å². The Labute approximate surface area is 88.9 Å². The number of benzene rings is 1. The molecule has 2 unspecified atom stereocenters. The highest BCUT2D eigenvalue weighted by Gasteiger charge is 2.19. The summed E-state index contributed by atoms with van der Waals surface area (Å²) in [4.78, 5) is 0. The normalized spacial score (nSPS) is 27.6. The van der Waals surface area contributed by atoms with Crippen molar-refractivity contribution in [3.8, 4) is 0 Å². The van der Waals surface area contributed by atoms with Crippen molar-refractivity contribution >= 4 is 11.6 Å². The van der Waals surface area contributed by atoms with E-state index in [1.54, 1.807) is 0 Å². The Hall–Kier alpha value is -0.570. The molecular formula is C11H14ClNO. The fourth-order valence-corrected chi connectivity index (χ4v) is 1.95. The van der Waals surface area contributed by atoms with Crippen molar-refractivity contribution in [1.29, 1.82) is 0 Å². The van der Waals surface area contributed by atoms with Crippen molar-refractivity contribution in [2.24, 2.45) is 0 Å². The molecule has 0 bridgehead atoms. The molecule has 2 nitrogen and oxygen atoms in total. The van der Waals surface area contributed by atoms with Gasteiger partial charge in [-0.05, 0) is 30.5 Å². The van der Waals surface area contributed by atoms with Crippen molar-refractivity contribution < 1.29 is 5.11 Å². The van der Waals surface area contributed by atoms with Crippen molar-refractivity contribution in [1.82, 2.24) is 5.32 Å². The lowest BCUT2D eigenvalue weighted by Gasteiger charge is -2.27. The van der Waals surface area contributed by atoms with E-state index in [1.165, 1.54) is 5.56 Å². The van der Waals surface area contributed by atoms with Gasteiger partial charge in [-0.3, -0.25) is 0 Å². The van der Waals surface area contributed by atoms with E-state index in [9.17, 15) is 5.11 Å². The highest BCUT2D eigenvalue weighted by molar-refractivity contribution is 6.30. The average Bonchev–Trinajstić information content (AvgIpc) is 2.21. The number of hydrogen-bond donors (Lipinski definition) is 2. The molecule has 1 aliphatic rings. The molecule has 2 rings (SSSR count). The van der Waals surface area contributed by atoms with Crippen LogP contribution in [0.2, 0.25) is 5.02 Å². The molecule has 1 aromatic carbocycles. The summed E-state index contributed by atoms with van der Waals surface area (Å²) in [6, 6.07) is 8.26. The second-order valence-electron chi connectivity index (χ2n) is 3.74. The number of β-amino-alcohol motifs (C(OH)–C–C–N with tert-alkyl or cyclic N) is 1. The van der Waals surface area contributed by atoms with Gasteiger partial charge < -0.3 is 10.4 Å². The van der Waals surface area contributed by atoms with Crippen LogP contribution in [0.15, 0.2) is 24.3 Å². The molecule has 14 heavy (non-hydrogen) atoms. The molecule has 0 aliphatic carbocycles. The maximum atomic E-state index is 9.33. The summed E-state index contributed by atoms with van der Waals surface area (Å²) in [6.07, 6.45) is 1.68. The van der Waals surface area contributed by atoms with Crippen LogP contribution in [0.25, 0.3) is 0 Å². The zero-order valence-corrected chi connectivity index (χ0v) is 8.67. The van der Waals surface area contributed by atoms with E-state index >= 15 is 0 Å². The molecule has 2 atom stereocenters. The third-order valence-corrected chi connectivity index (χ3v) is 2.91. The van der Waals surface area contributed by atoms with Crippen molar-refractivity contribution in [3.05, 3.63) is 34.9 Å². The Morgan fingerprint density at radius 2 is 1.93 bits per heavy atom. The third kappa shape index (κ3) is 2.27. The average molecular weight is 212 g/mol. The second kappa shape index (κ2) is 4.30. The largest absolute Gasteiger partial charge is 0.392 e. The van der Waals surface area contributed by atoms with Crippen LogP contribution in [0.5, 0.6) is 0 Å². The van der Waals surface area contributed by atoms with Gasteiger partial charge in [0.1, 0.15) is 0 Å². The number of halogens is 1. The van der Waals surface area contributed by atoms with Crippen LogP contribution in [0.4, 0.5) is 0 Å². The molecule has 0 spiro atoms. The lowest BCUT2D eigenvalue weighted by atomic mass is 9.96. The van der Waals surface area contributed by atoms with Gasteiger partial charge in [-0.2, -0.15) is 0 Å². The Kier molecular flexibility index (Phi) is 3.06. The van der Waals surface area contributed by atoms with E-state index in [1.807, 2.05) is 24.3 Å². The molecule has 0 saturated carbocycles. The molecule has 0 radical (unpaired) electrons. The number of rotatable bonds is 1. The Bertz CT molecular complexity index is 291. The molecule has 2 N–H and O–H groups in total. The predicted octanol–water partition coefficient (Wildman–Crippen LogP) is 2.13. The van der Waals surface area contributed by atoms with Gasteiger partial charge in [0.2, 0.25) is 0 Å². The minimum absolute atomic E-state index is 0.182. The quantitative estimate of drug-likeness (QED) is 0.746. The maximum absolute atomic E-state index is 9.33. The van der Waals surface area contributed by atoms with Crippen LogP contribution < -0.4 is 5.32 Å². The van der Waals surface area contributed by atoms with E-state index < -0.39 is 0 Å². The first kappa shape index (κ1) is 9.97. The van der Waals surface area contributed by atoms with Crippen molar-refractivity contribution in [2.75, 3.05) is 6.54 Å². The van der Waals surface area contributed by atoms with E-state index in [0.29, 0.717) is 12.6 Å². The minimum Gasteiger partial charge on any atom is -0.392 e. The van der Waals surface area contributed by atoms with Gasteiger partial charge in [-0.1, -0.05) is 23.7 Å². The first-order valence-corrected chi connectivity index (χ1v) is 5.30. The van der Waals surface area contributed by atoms with E-state index in [2.05, 4.69) is 5.32 Å². The topological polar surface area (TPSA) is 32.3 Å². The Morgan fingerprint density at radius 3 is 2.50 bits per heavy atom. The van der Waals surface area contributed by atoms with Crippen LogP contribution in [0.3, 0.4) is 0 Å². The predicted molar refractivity (Wildman–Crippen MR) is 57.4 cm³/mol. The number of nitrogens with one attached hydrogen (secondary N) is 1. The molecule has 3 heteroatoms. The maximum Gasteiger partial charge on any atom is 0.0665 e. The fourth-order valence-electron chi connectivity index (χ4n) is 1.82. The van der Waals surface area contributed by atoms with Crippen molar-refractivity contribution in [2.45, 2.75) is 25.0 Å². The standard InChI is InChI=1S/C11H14ClNO/c12-9-3-1-8(2-4-9)11-6-5-10(14)7-13-11/h1-4,10-11,13-14H,5-7H2. The van der Waals surface area contributed by atoms with Crippen molar-refractivity contribution in [3.63, 3.8) is 0 Å². The Balaban J connectivity index is 2.05. The number of piperidine rings is 1. The van der Waals surface area contributed by atoms with Gasteiger partial charge in [0, 0.05) is 17.6 Å². The van der Waals surface area contributed by atoms with E-state index in [-0.39, 0.29) is 6.10 Å². The van der Waals surface area contributed by atoms with Gasteiger partial charge >= 0.3 is 0 Å². The third-order valence-electron chi connectivity index (χ3n) is 2.66. The summed E-state index contributed by atoms with van der Waals surface area (Å²) in [6.45, 7) is 0.688. The summed E-state index contributed by atoms with van der Waals surface area (Å²) in [5.41, 5.74) is 1.25. The SMILES string of the molecule is OC1CCC(c2ccc(Cl)cc2)NC1. The van der Waals surface area contributed by atoms with Crippen LogP contribution in [0.1, 0.15) is 24.4 Å². The van der Waals surface area contributed by atoms with Crippen LogP contribution in [0, 0.1) is 0 Å². The second-order valence-corrected chi connectivity index (χ2v) is 4.18. The Morgan fingerprint density at radius 1 is 1.21 bits per heavy atom. The summed E-state index contributed by atoms with van der Waals surface area (Å²) in [7, 11) is 0. The van der Waals surface area contributed by atoms with Gasteiger partial charge in [0.25, 0.3) is 0 Å². The van der Waals surface area contributed by atoms with Gasteiger partial charge in [0.05, 0.1) is 6.10 Å². The number of hydrogen-bond acceptors (Lipinski definition) is 2. The molecular weight excluding hydrogens is 198 g/mol. The smallest absolute Gasteiger partial charge is 0.0665 e. The summed E-state index contributed by atoms with van der Waals surface area (Å²) < 4.78 is 0. The molecule has 0 amide bonds. The highest BCUT2D eigenvalue weighted by Crippen LogP contribution is 2.24. The highest BCUT2D eigenvalue weighted by atomic mass is 35.5. The molecule has 1 aromatic rings. The number of aliphatic hydroxyl groups is 1. The minimum atomic E-state index is -0.182. The zero-order valence-electron chi connectivity index (χ0n) is 7.91. The molecule has 1 aliphatic heterocycles. The number of aliphatic hydroxyl groups excluding tert-OH is 1. The van der Waals surface area contributed by atoms with Gasteiger partial charge in [-0.15, -0.1) is 0 Å². The summed E-state index contributed by atoms with van der Waals surface area (Å²) in [5, 5.41) is 13.4. The molecule has 1 heterocycles. The molecule has 0 aromatic heterocycles. The monoisotopic (exact) mass is 211 g/mol. The molecule has 1 saturated heterocycles. The zero-order chi connectivity index (χ0) is 9.97. The van der Waals surface area contributed by atoms with Gasteiger partial charge in [0.15, 0.2) is 0 Å². The molecule has 76 valence electrons. The first-order valence-electron chi connectivity index (χ1n) is 4.92. The summed E-state index contributed by atoms with van der Waals surface area (Å²) in [5.74, 6) is 0. The fraction of sp³-hybridized carbons (Fsp3) is 0.455. The summed E-state index contributed by atoms with van der Waals surface area (Å²) >= 11 is 5.81. The van der Waals surface area contributed by atoms with E-state index in [0.717, 1.165) is 17.9 Å². The van der Waals surface area contributed by atoms with Crippen LogP contribution in [-0.4, -0.2) is 17.8 Å².